The van der Waals surface area contributed by atoms with Crippen LogP contribution in [-0.4, -0.2) is 17.6 Å². The lowest BCUT2D eigenvalue weighted by molar-refractivity contribution is 0.241. The lowest BCUT2D eigenvalue weighted by Gasteiger charge is -2.14. The standard InChI is InChI=1S/C12H20N2O/c1-5-14-10(4)11-6-12(8-13-7-11)15-9(2)3/h6-10,14H,5H2,1-4H3. The molecule has 1 atom stereocenters. The summed E-state index contributed by atoms with van der Waals surface area (Å²) >= 11 is 0. The zero-order valence-corrected chi connectivity index (χ0v) is 9.95. The summed E-state index contributed by atoms with van der Waals surface area (Å²) in [7, 11) is 0. The Morgan fingerprint density at radius 3 is 2.67 bits per heavy atom. The van der Waals surface area contributed by atoms with E-state index < -0.39 is 0 Å². The van der Waals surface area contributed by atoms with Crippen molar-refractivity contribution in [2.75, 3.05) is 6.54 Å². The molecule has 0 saturated heterocycles. The van der Waals surface area contributed by atoms with Gasteiger partial charge in [0.1, 0.15) is 5.75 Å². The van der Waals surface area contributed by atoms with E-state index >= 15 is 0 Å². The lowest BCUT2D eigenvalue weighted by Crippen LogP contribution is -2.18. The molecule has 0 aliphatic carbocycles. The molecule has 0 radical (unpaired) electrons. The van der Waals surface area contributed by atoms with Gasteiger partial charge in [-0.3, -0.25) is 4.98 Å². The number of rotatable bonds is 5. The number of ether oxygens (including phenoxy) is 1. The average molecular weight is 208 g/mol. The van der Waals surface area contributed by atoms with Crippen LogP contribution in [0.4, 0.5) is 0 Å². The highest BCUT2D eigenvalue weighted by Gasteiger charge is 2.06. The third kappa shape index (κ3) is 3.88. The van der Waals surface area contributed by atoms with Crippen LogP contribution in [0.15, 0.2) is 18.5 Å². The summed E-state index contributed by atoms with van der Waals surface area (Å²) in [6.07, 6.45) is 3.82. The molecular formula is C12H20N2O. The number of nitrogens with one attached hydrogen (secondary N) is 1. The SMILES string of the molecule is CCNC(C)c1cncc(OC(C)C)c1. The second-order valence-electron chi connectivity index (χ2n) is 3.90. The first-order valence-corrected chi connectivity index (χ1v) is 5.48. The molecule has 84 valence electrons. The first kappa shape index (κ1) is 12.0. The van der Waals surface area contributed by atoms with Crippen molar-refractivity contribution in [2.24, 2.45) is 0 Å². The summed E-state index contributed by atoms with van der Waals surface area (Å²) in [5.74, 6) is 0.840. The molecule has 1 rings (SSSR count). The fourth-order valence-corrected chi connectivity index (χ4v) is 1.43. The Bertz CT molecular complexity index is 299. The third-order valence-electron chi connectivity index (χ3n) is 2.12. The van der Waals surface area contributed by atoms with E-state index in [1.165, 1.54) is 0 Å². The minimum Gasteiger partial charge on any atom is -0.489 e. The highest BCUT2D eigenvalue weighted by atomic mass is 16.5. The maximum atomic E-state index is 5.59. The molecule has 0 saturated carbocycles. The molecule has 0 aromatic carbocycles. The van der Waals surface area contributed by atoms with Gasteiger partial charge in [-0.1, -0.05) is 6.92 Å². The first-order valence-electron chi connectivity index (χ1n) is 5.48. The van der Waals surface area contributed by atoms with Gasteiger partial charge in [-0.15, -0.1) is 0 Å². The summed E-state index contributed by atoms with van der Waals surface area (Å²) < 4.78 is 5.59. The van der Waals surface area contributed by atoms with E-state index in [2.05, 4.69) is 24.1 Å². The molecule has 0 aliphatic rings. The van der Waals surface area contributed by atoms with Crippen molar-refractivity contribution >= 4 is 0 Å². The molecular weight excluding hydrogens is 188 g/mol. The van der Waals surface area contributed by atoms with Gasteiger partial charge in [-0.05, 0) is 38.9 Å². The van der Waals surface area contributed by atoms with Crippen molar-refractivity contribution in [2.45, 2.75) is 39.8 Å². The van der Waals surface area contributed by atoms with Gasteiger partial charge in [0.2, 0.25) is 0 Å². The zero-order valence-electron chi connectivity index (χ0n) is 9.95. The van der Waals surface area contributed by atoms with Crippen LogP contribution in [0.5, 0.6) is 5.75 Å². The maximum absolute atomic E-state index is 5.59. The van der Waals surface area contributed by atoms with Crippen molar-refractivity contribution in [3.05, 3.63) is 24.0 Å². The van der Waals surface area contributed by atoms with Crippen LogP contribution in [0.1, 0.15) is 39.3 Å². The second kappa shape index (κ2) is 5.71. The number of aromatic nitrogens is 1. The average Bonchev–Trinajstić information content (AvgIpc) is 2.17. The van der Waals surface area contributed by atoms with Gasteiger partial charge < -0.3 is 10.1 Å². The van der Waals surface area contributed by atoms with E-state index in [-0.39, 0.29) is 6.10 Å². The number of pyridine rings is 1. The van der Waals surface area contributed by atoms with Crippen molar-refractivity contribution in [1.82, 2.24) is 10.3 Å². The van der Waals surface area contributed by atoms with E-state index in [1.54, 1.807) is 6.20 Å². The first-order chi connectivity index (χ1) is 7.13. The minimum atomic E-state index is 0.191. The quantitative estimate of drug-likeness (QED) is 0.807. The molecule has 1 unspecified atom stereocenters. The van der Waals surface area contributed by atoms with Crippen LogP contribution in [-0.2, 0) is 0 Å². The zero-order chi connectivity index (χ0) is 11.3. The molecule has 0 spiro atoms. The molecule has 0 fully saturated rings. The Hall–Kier alpha value is -1.09. The maximum Gasteiger partial charge on any atom is 0.138 e. The molecule has 1 aromatic heterocycles. The Balaban J connectivity index is 2.73. The Morgan fingerprint density at radius 1 is 1.33 bits per heavy atom. The fraction of sp³-hybridized carbons (Fsp3) is 0.583. The van der Waals surface area contributed by atoms with Crippen LogP contribution >= 0.6 is 0 Å². The summed E-state index contributed by atoms with van der Waals surface area (Å²) in [5.41, 5.74) is 1.16. The van der Waals surface area contributed by atoms with E-state index in [9.17, 15) is 0 Å². The predicted octanol–water partition coefficient (Wildman–Crippen LogP) is 2.54. The molecule has 1 N–H and O–H groups in total. The Morgan fingerprint density at radius 2 is 2.07 bits per heavy atom. The van der Waals surface area contributed by atoms with E-state index in [0.29, 0.717) is 6.04 Å². The smallest absolute Gasteiger partial charge is 0.138 e. The summed E-state index contributed by atoms with van der Waals surface area (Å²) in [5, 5.41) is 3.35. The predicted molar refractivity (Wildman–Crippen MR) is 62.1 cm³/mol. The second-order valence-corrected chi connectivity index (χ2v) is 3.90. The van der Waals surface area contributed by atoms with Gasteiger partial charge in [0.25, 0.3) is 0 Å². The molecule has 0 aliphatic heterocycles. The van der Waals surface area contributed by atoms with E-state index in [4.69, 9.17) is 4.74 Å². The lowest BCUT2D eigenvalue weighted by atomic mass is 10.1. The fourth-order valence-electron chi connectivity index (χ4n) is 1.43. The van der Waals surface area contributed by atoms with Crippen LogP contribution in [0.2, 0.25) is 0 Å². The number of hydrogen-bond donors (Lipinski definition) is 1. The van der Waals surface area contributed by atoms with Crippen molar-refractivity contribution in [3.8, 4) is 5.75 Å². The van der Waals surface area contributed by atoms with Crippen LogP contribution < -0.4 is 10.1 Å². The van der Waals surface area contributed by atoms with Gasteiger partial charge in [0.05, 0.1) is 12.3 Å². The normalized spacial score (nSPS) is 12.9. The molecule has 1 heterocycles. The minimum absolute atomic E-state index is 0.191. The van der Waals surface area contributed by atoms with Crippen LogP contribution in [0.25, 0.3) is 0 Å². The largest absolute Gasteiger partial charge is 0.489 e. The molecule has 15 heavy (non-hydrogen) atoms. The Labute approximate surface area is 91.9 Å². The van der Waals surface area contributed by atoms with Crippen molar-refractivity contribution in [3.63, 3.8) is 0 Å². The molecule has 0 amide bonds. The molecule has 0 bridgehead atoms. The van der Waals surface area contributed by atoms with Crippen LogP contribution in [0, 0.1) is 0 Å². The highest BCUT2D eigenvalue weighted by Crippen LogP contribution is 2.18. The summed E-state index contributed by atoms with van der Waals surface area (Å²) in [6, 6.07) is 2.36. The summed E-state index contributed by atoms with van der Waals surface area (Å²) in [4.78, 5) is 4.18. The van der Waals surface area contributed by atoms with Crippen molar-refractivity contribution < 1.29 is 4.74 Å². The van der Waals surface area contributed by atoms with Gasteiger partial charge in [-0.2, -0.15) is 0 Å². The van der Waals surface area contributed by atoms with Crippen molar-refractivity contribution in [1.29, 1.82) is 0 Å². The number of nitrogens with zero attached hydrogens (tertiary/aromatic N) is 1. The van der Waals surface area contributed by atoms with Gasteiger partial charge >= 0.3 is 0 Å². The van der Waals surface area contributed by atoms with Crippen LogP contribution in [0.3, 0.4) is 0 Å². The van der Waals surface area contributed by atoms with E-state index in [0.717, 1.165) is 17.9 Å². The molecule has 3 nitrogen and oxygen atoms in total. The Kier molecular flexibility index (Phi) is 4.56. The van der Waals surface area contributed by atoms with Gasteiger partial charge in [0.15, 0.2) is 0 Å². The summed E-state index contributed by atoms with van der Waals surface area (Å²) in [6.45, 7) is 9.20. The number of hydrogen-bond acceptors (Lipinski definition) is 3. The molecule has 1 aromatic rings. The van der Waals surface area contributed by atoms with E-state index in [1.807, 2.05) is 26.1 Å². The monoisotopic (exact) mass is 208 g/mol. The topological polar surface area (TPSA) is 34.2 Å². The molecule has 3 heteroatoms. The third-order valence-corrected chi connectivity index (χ3v) is 2.12. The van der Waals surface area contributed by atoms with Gasteiger partial charge in [0, 0.05) is 12.2 Å². The highest BCUT2D eigenvalue weighted by molar-refractivity contribution is 5.25. The van der Waals surface area contributed by atoms with Gasteiger partial charge in [-0.25, -0.2) is 0 Å².